The van der Waals surface area contributed by atoms with E-state index in [2.05, 4.69) is 23.6 Å². The first kappa shape index (κ1) is 12.5. The van der Waals surface area contributed by atoms with Crippen molar-refractivity contribution < 1.29 is 9.53 Å². The van der Waals surface area contributed by atoms with E-state index >= 15 is 0 Å². The van der Waals surface area contributed by atoms with Gasteiger partial charge in [-0.05, 0) is 19.3 Å². The molecule has 0 atom stereocenters. The normalized spacial score (nSPS) is 10.8. The van der Waals surface area contributed by atoms with Gasteiger partial charge in [-0.15, -0.1) is 0 Å². The minimum absolute atomic E-state index is 0.212. The number of ether oxygens (including phenoxy) is 1. The number of rotatable bonds is 4. The molecule has 5 heteroatoms. The number of hydrogen-bond donors (Lipinski definition) is 1. The van der Waals surface area contributed by atoms with Crippen LogP contribution >= 0.6 is 0 Å². The lowest BCUT2D eigenvalue weighted by molar-refractivity contribution is 0.0595. The number of aromatic nitrogens is 2. The van der Waals surface area contributed by atoms with Crippen LogP contribution in [0.2, 0.25) is 0 Å². The van der Waals surface area contributed by atoms with E-state index in [-0.39, 0.29) is 5.69 Å². The van der Waals surface area contributed by atoms with Gasteiger partial charge in [0.1, 0.15) is 11.6 Å². The van der Waals surface area contributed by atoms with Crippen LogP contribution in [0.15, 0.2) is 0 Å². The molecule has 2 N–H and O–H groups in total. The zero-order valence-corrected chi connectivity index (χ0v) is 10.3. The van der Waals surface area contributed by atoms with Crippen molar-refractivity contribution in [3.63, 3.8) is 0 Å². The number of anilines is 1. The Morgan fingerprint density at radius 3 is 2.69 bits per heavy atom. The second-order valence-corrected chi connectivity index (χ2v) is 4.22. The first-order chi connectivity index (χ1) is 7.47. The maximum Gasteiger partial charge on any atom is 0.360 e. The zero-order valence-electron chi connectivity index (χ0n) is 10.3. The van der Waals surface area contributed by atoms with E-state index in [4.69, 9.17) is 5.73 Å². The fourth-order valence-corrected chi connectivity index (χ4v) is 1.50. The van der Waals surface area contributed by atoms with Crippen LogP contribution in [0.5, 0.6) is 0 Å². The van der Waals surface area contributed by atoms with Gasteiger partial charge >= 0.3 is 5.97 Å². The Bertz CT molecular complexity index is 383. The summed E-state index contributed by atoms with van der Waals surface area (Å²) in [7, 11) is 1.32. The van der Waals surface area contributed by atoms with Crippen LogP contribution in [0.1, 0.15) is 36.6 Å². The molecule has 0 bridgehead atoms. The molecule has 16 heavy (non-hydrogen) atoms. The highest BCUT2D eigenvalue weighted by atomic mass is 16.5. The third kappa shape index (κ3) is 2.53. The summed E-state index contributed by atoms with van der Waals surface area (Å²) in [5.74, 6) is 1.25. The molecular formula is C11H19N3O2. The van der Waals surface area contributed by atoms with Crippen molar-refractivity contribution in [1.29, 1.82) is 0 Å². The van der Waals surface area contributed by atoms with Gasteiger partial charge in [-0.2, -0.15) is 0 Å². The summed E-state index contributed by atoms with van der Waals surface area (Å²) in [6.45, 7) is 6.90. The summed E-state index contributed by atoms with van der Waals surface area (Å²) in [6.07, 6.45) is 1.00. The predicted molar refractivity (Wildman–Crippen MR) is 62.2 cm³/mol. The number of nitrogen functional groups attached to an aromatic ring is 1. The highest BCUT2D eigenvalue weighted by Gasteiger charge is 2.18. The summed E-state index contributed by atoms with van der Waals surface area (Å²) in [5.41, 5.74) is 6.08. The van der Waals surface area contributed by atoms with Crippen LogP contribution in [0.25, 0.3) is 0 Å². The van der Waals surface area contributed by atoms with Gasteiger partial charge < -0.3 is 15.0 Å². The number of aryl methyl sites for hydroxylation is 1. The van der Waals surface area contributed by atoms with Gasteiger partial charge in [-0.1, -0.05) is 13.8 Å². The van der Waals surface area contributed by atoms with Crippen LogP contribution < -0.4 is 5.73 Å². The number of imidazole rings is 1. The molecule has 0 amide bonds. The van der Waals surface area contributed by atoms with Gasteiger partial charge in [0.05, 0.1) is 7.11 Å². The van der Waals surface area contributed by atoms with Gasteiger partial charge in [0.25, 0.3) is 0 Å². The van der Waals surface area contributed by atoms with E-state index in [1.54, 1.807) is 0 Å². The molecule has 0 radical (unpaired) electrons. The second-order valence-electron chi connectivity index (χ2n) is 4.22. The molecule has 0 unspecified atom stereocenters. The van der Waals surface area contributed by atoms with Crippen LogP contribution in [0.4, 0.5) is 5.82 Å². The average Bonchev–Trinajstić information content (AvgIpc) is 2.51. The maximum atomic E-state index is 11.4. The summed E-state index contributed by atoms with van der Waals surface area (Å²) in [4.78, 5) is 15.5. The smallest absolute Gasteiger partial charge is 0.360 e. The summed E-state index contributed by atoms with van der Waals surface area (Å²) >= 11 is 0. The van der Waals surface area contributed by atoms with Crippen LogP contribution in [-0.4, -0.2) is 22.6 Å². The lowest BCUT2D eigenvalue weighted by atomic mass is 10.1. The number of carbonyl (C=O) groups is 1. The van der Waals surface area contributed by atoms with Crippen molar-refractivity contribution in [2.24, 2.45) is 5.92 Å². The average molecular weight is 225 g/mol. The molecule has 1 aromatic rings. The minimum Gasteiger partial charge on any atom is -0.464 e. The van der Waals surface area contributed by atoms with Crippen LogP contribution in [0, 0.1) is 12.8 Å². The molecule has 90 valence electrons. The van der Waals surface area contributed by atoms with Crippen molar-refractivity contribution in [2.75, 3.05) is 12.8 Å². The van der Waals surface area contributed by atoms with Crippen molar-refractivity contribution in [1.82, 2.24) is 9.55 Å². The lowest BCUT2D eigenvalue weighted by Gasteiger charge is -2.09. The Labute approximate surface area is 95.6 Å². The number of methoxy groups -OCH3 is 1. The zero-order chi connectivity index (χ0) is 12.3. The molecule has 0 spiro atoms. The molecule has 0 aliphatic heterocycles. The molecule has 0 aliphatic carbocycles. The fourth-order valence-electron chi connectivity index (χ4n) is 1.50. The van der Waals surface area contributed by atoms with E-state index in [9.17, 15) is 4.79 Å². The lowest BCUT2D eigenvalue weighted by Crippen LogP contribution is -2.10. The minimum atomic E-state index is -0.483. The molecule has 0 saturated heterocycles. The molecule has 0 aromatic carbocycles. The quantitative estimate of drug-likeness (QED) is 0.790. The molecule has 5 nitrogen and oxygen atoms in total. The predicted octanol–water partition coefficient (Wildman–Crippen LogP) is 1.61. The second kappa shape index (κ2) is 5.01. The van der Waals surface area contributed by atoms with Crippen molar-refractivity contribution >= 4 is 11.8 Å². The largest absolute Gasteiger partial charge is 0.464 e. The molecule has 1 aromatic heterocycles. The molecule has 0 fully saturated rings. The van der Waals surface area contributed by atoms with Gasteiger partial charge in [0.15, 0.2) is 5.69 Å². The Morgan fingerprint density at radius 2 is 2.19 bits per heavy atom. The Hall–Kier alpha value is -1.52. The molecule has 0 aliphatic rings. The summed E-state index contributed by atoms with van der Waals surface area (Å²) in [6, 6.07) is 0. The fraction of sp³-hybridized carbons (Fsp3) is 0.636. The van der Waals surface area contributed by atoms with Crippen molar-refractivity contribution in [3.8, 4) is 0 Å². The Kier molecular flexibility index (Phi) is 3.93. The van der Waals surface area contributed by atoms with E-state index in [0.717, 1.165) is 18.8 Å². The topological polar surface area (TPSA) is 70.1 Å². The van der Waals surface area contributed by atoms with Gasteiger partial charge in [0, 0.05) is 6.54 Å². The molecule has 1 rings (SSSR count). The number of esters is 1. The standard InChI is InChI=1S/C11H19N3O2/c1-7(2)5-6-14-8(3)13-9(10(14)12)11(15)16-4/h7H,5-6,12H2,1-4H3. The third-order valence-electron chi connectivity index (χ3n) is 2.51. The maximum absolute atomic E-state index is 11.4. The first-order valence-corrected chi connectivity index (χ1v) is 5.38. The molecule has 0 saturated carbocycles. The molecular weight excluding hydrogens is 206 g/mol. The highest BCUT2D eigenvalue weighted by Crippen LogP contribution is 2.16. The number of nitrogens with two attached hydrogens (primary N) is 1. The van der Waals surface area contributed by atoms with E-state index in [1.807, 2.05) is 11.5 Å². The Morgan fingerprint density at radius 1 is 1.56 bits per heavy atom. The monoisotopic (exact) mass is 225 g/mol. The third-order valence-corrected chi connectivity index (χ3v) is 2.51. The van der Waals surface area contributed by atoms with Gasteiger partial charge in [-0.3, -0.25) is 0 Å². The van der Waals surface area contributed by atoms with Crippen molar-refractivity contribution in [2.45, 2.75) is 33.7 Å². The van der Waals surface area contributed by atoms with E-state index in [0.29, 0.717) is 11.7 Å². The number of carbonyl (C=O) groups excluding carboxylic acids is 1. The Balaban J connectivity index is 2.93. The van der Waals surface area contributed by atoms with Gasteiger partial charge in [0.2, 0.25) is 0 Å². The molecule has 1 heterocycles. The SMILES string of the molecule is COC(=O)c1nc(C)n(CCC(C)C)c1N. The van der Waals surface area contributed by atoms with E-state index in [1.165, 1.54) is 7.11 Å². The van der Waals surface area contributed by atoms with Crippen LogP contribution in [-0.2, 0) is 11.3 Å². The number of hydrogen-bond acceptors (Lipinski definition) is 4. The number of nitrogens with zero attached hydrogens (tertiary/aromatic N) is 2. The van der Waals surface area contributed by atoms with Crippen LogP contribution in [0.3, 0.4) is 0 Å². The van der Waals surface area contributed by atoms with Crippen molar-refractivity contribution in [3.05, 3.63) is 11.5 Å². The first-order valence-electron chi connectivity index (χ1n) is 5.38. The van der Waals surface area contributed by atoms with E-state index < -0.39 is 5.97 Å². The van der Waals surface area contributed by atoms with Gasteiger partial charge in [-0.25, -0.2) is 9.78 Å². The highest BCUT2D eigenvalue weighted by molar-refractivity contribution is 5.92. The summed E-state index contributed by atoms with van der Waals surface area (Å²) in [5, 5.41) is 0. The summed E-state index contributed by atoms with van der Waals surface area (Å²) < 4.78 is 6.47.